The van der Waals surface area contributed by atoms with Crippen LogP contribution in [0.3, 0.4) is 0 Å². The topological polar surface area (TPSA) is 127 Å². The zero-order chi connectivity index (χ0) is 21.0. The van der Waals surface area contributed by atoms with Gasteiger partial charge in [-0.1, -0.05) is 20.8 Å². The lowest BCUT2D eigenvalue weighted by atomic mass is 9.43. The van der Waals surface area contributed by atoms with E-state index in [1.807, 2.05) is 0 Å². The molecule has 0 aromatic rings. The van der Waals surface area contributed by atoms with E-state index in [0.717, 1.165) is 0 Å². The Labute approximate surface area is 165 Å². The summed E-state index contributed by atoms with van der Waals surface area (Å²) < 4.78 is 5.49. The Bertz CT molecular complexity index is 760. The van der Waals surface area contributed by atoms with Gasteiger partial charge in [-0.25, -0.2) is 0 Å². The molecule has 28 heavy (non-hydrogen) atoms. The minimum absolute atomic E-state index is 0.0130. The van der Waals surface area contributed by atoms with Crippen molar-refractivity contribution in [3.8, 4) is 0 Å². The van der Waals surface area contributed by atoms with Crippen LogP contribution in [0.5, 0.6) is 0 Å². The first kappa shape index (κ1) is 20.4. The Balaban J connectivity index is 2.01. The smallest absolute Gasteiger partial charge is 0.174 e. The lowest BCUT2D eigenvalue weighted by Gasteiger charge is -2.67. The van der Waals surface area contributed by atoms with Gasteiger partial charge in [-0.05, 0) is 30.9 Å². The lowest BCUT2D eigenvalue weighted by molar-refractivity contribution is -0.335. The Hall–Kier alpha value is -0.830. The van der Waals surface area contributed by atoms with E-state index in [-0.39, 0.29) is 19.4 Å². The van der Waals surface area contributed by atoms with E-state index in [2.05, 4.69) is 0 Å². The van der Waals surface area contributed by atoms with Gasteiger partial charge in [0.25, 0.3) is 0 Å². The number of aliphatic hydroxyl groups is 5. The van der Waals surface area contributed by atoms with Crippen LogP contribution in [0, 0.1) is 22.7 Å². The second-order valence-electron chi connectivity index (χ2n) is 10.2. The van der Waals surface area contributed by atoms with Crippen molar-refractivity contribution in [2.45, 2.75) is 83.1 Å². The summed E-state index contributed by atoms with van der Waals surface area (Å²) in [4.78, 5) is 13.6. The number of carbonyl (C=O) groups is 1. The van der Waals surface area contributed by atoms with Crippen molar-refractivity contribution in [3.63, 3.8) is 0 Å². The summed E-state index contributed by atoms with van der Waals surface area (Å²) in [5, 5.41) is 56.1. The molecule has 7 heteroatoms. The molecule has 158 valence electrons. The van der Waals surface area contributed by atoms with Crippen LogP contribution in [0.15, 0.2) is 11.1 Å². The molecule has 1 heterocycles. The van der Waals surface area contributed by atoms with Crippen LogP contribution in [0.2, 0.25) is 0 Å². The average molecular weight is 396 g/mol. The van der Waals surface area contributed by atoms with Crippen molar-refractivity contribution < 1.29 is 35.1 Å². The fourth-order valence-corrected chi connectivity index (χ4v) is 7.00. The maximum Gasteiger partial charge on any atom is 0.174 e. The minimum atomic E-state index is -1.58. The SMILES string of the molecule is CC1=C2C(O)C(=O)C3(C)C(O)CC4OCC4(O)C3C(C)C(O)(CC1O)C2(C)C. The number of Topliss-reactive ketones (excluding diaryl/α,β-unsaturated/α-hetero) is 1. The molecule has 4 rings (SSSR count). The van der Waals surface area contributed by atoms with Crippen molar-refractivity contribution in [2.24, 2.45) is 22.7 Å². The first-order valence-corrected chi connectivity index (χ1v) is 10.1. The van der Waals surface area contributed by atoms with Crippen LogP contribution in [0.4, 0.5) is 0 Å². The Kier molecular flexibility index (Phi) is 4.13. The normalized spacial score (nSPS) is 55.6. The van der Waals surface area contributed by atoms with Crippen LogP contribution in [0.25, 0.3) is 0 Å². The van der Waals surface area contributed by atoms with E-state index >= 15 is 0 Å². The van der Waals surface area contributed by atoms with E-state index < -0.39 is 64.1 Å². The largest absolute Gasteiger partial charge is 0.392 e. The third-order valence-corrected chi connectivity index (χ3v) is 8.88. The molecule has 7 nitrogen and oxygen atoms in total. The number of rotatable bonds is 0. The van der Waals surface area contributed by atoms with Gasteiger partial charge in [-0.2, -0.15) is 0 Å². The molecule has 9 atom stereocenters. The van der Waals surface area contributed by atoms with Crippen molar-refractivity contribution >= 4 is 5.78 Å². The quantitative estimate of drug-likeness (QED) is 0.363. The highest BCUT2D eigenvalue weighted by Gasteiger charge is 2.73. The molecule has 5 N–H and O–H groups in total. The van der Waals surface area contributed by atoms with Crippen LogP contribution in [0.1, 0.15) is 47.5 Å². The summed E-state index contributed by atoms with van der Waals surface area (Å²) in [7, 11) is 0. The molecule has 0 amide bonds. The van der Waals surface area contributed by atoms with Gasteiger partial charge in [0.1, 0.15) is 11.7 Å². The molecule has 0 aromatic carbocycles. The van der Waals surface area contributed by atoms with Gasteiger partial charge in [-0.3, -0.25) is 4.79 Å². The predicted molar refractivity (Wildman–Crippen MR) is 99.1 cm³/mol. The van der Waals surface area contributed by atoms with Crippen LogP contribution >= 0.6 is 0 Å². The van der Waals surface area contributed by atoms with Crippen molar-refractivity contribution in [3.05, 3.63) is 11.1 Å². The van der Waals surface area contributed by atoms with E-state index in [9.17, 15) is 30.3 Å². The fraction of sp³-hybridized carbons (Fsp3) is 0.857. The van der Waals surface area contributed by atoms with Gasteiger partial charge >= 0.3 is 0 Å². The number of carbonyl (C=O) groups excluding carboxylic acids is 1. The number of ether oxygens (including phenoxy) is 1. The molecular formula is C21H32O7. The summed E-state index contributed by atoms with van der Waals surface area (Å²) >= 11 is 0. The van der Waals surface area contributed by atoms with Gasteiger partial charge in [0.2, 0.25) is 0 Å². The summed E-state index contributed by atoms with van der Waals surface area (Å²) in [5.74, 6) is -2.05. The van der Waals surface area contributed by atoms with E-state index in [1.165, 1.54) is 0 Å². The molecule has 2 bridgehead atoms. The second kappa shape index (κ2) is 5.65. The van der Waals surface area contributed by atoms with Crippen molar-refractivity contribution in [1.82, 2.24) is 0 Å². The van der Waals surface area contributed by atoms with E-state index in [0.29, 0.717) is 11.1 Å². The zero-order valence-corrected chi connectivity index (χ0v) is 17.1. The molecule has 0 radical (unpaired) electrons. The Morgan fingerprint density at radius 2 is 1.71 bits per heavy atom. The molecule has 0 aromatic heterocycles. The molecule has 0 spiro atoms. The summed E-state index contributed by atoms with van der Waals surface area (Å²) in [5.41, 5.74) is -4.54. The molecule has 2 saturated carbocycles. The summed E-state index contributed by atoms with van der Waals surface area (Å²) in [6.07, 6.45) is -4.20. The highest BCUT2D eigenvalue weighted by molar-refractivity contribution is 5.93. The summed E-state index contributed by atoms with van der Waals surface area (Å²) in [6.45, 7) is 8.58. The van der Waals surface area contributed by atoms with E-state index in [4.69, 9.17) is 4.74 Å². The van der Waals surface area contributed by atoms with Gasteiger partial charge in [0.15, 0.2) is 5.78 Å². The van der Waals surface area contributed by atoms with Gasteiger partial charge in [0.05, 0.1) is 35.9 Å². The van der Waals surface area contributed by atoms with Gasteiger partial charge < -0.3 is 30.3 Å². The van der Waals surface area contributed by atoms with Crippen molar-refractivity contribution in [2.75, 3.05) is 6.61 Å². The third-order valence-electron chi connectivity index (χ3n) is 8.88. The number of aliphatic hydroxyl groups excluding tert-OH is 3. The standard InChI is InChI=1S/C21H32O7/c1-9-11(22)7-21(27)10(2)16-19(5,12(23)6-13-20(16,26)8-28-13)17(25)15(24)14(9)18(21,3)4/h10-13,15-16,22-24,26-27H,6-8H2,1-5H3. The maximum absolute atomic E-state index is 13.6. The molecule has 4 aliphatic rings. The number of hydrogen-bond donors (Lipinski definition) is 5. The van der Waals surface area contributed by atoms with Gasteiger partial charge in [-0.15, -0.1) is 0 Å². The number of hydrogen-bond acceptors (Lipinski definition) is 7. The maximum atomic E-state index is 13.6. The third kappa shape index (κ3) is 2.03. The minimum Gasteiger partial charge on any atom is -0.392 e. The average Bonchev–Trinajstić information content (AvgIpc) is 2.60. The summed E-state index contributed by atoms with van der Waals surface area (Å²) in [6, 6.07) is 0. The highest BCUT2D eigenvalue weighted by atomic mass is 16.6. The molecule has 9 unspecified atom stereocenters. The predicted octanol–water partition coefficient (Wildman–Crippen LogP) is -0.0785. The van der Waals surface area contributed by atoms with Crippen molar-refractivity contribution in [1.29, 1.82) is 0 Å². The molecule has 3 aliphatic carbocycles. The lowest BCUT2D eigenvalue weighted by Crippen LogP contribution is -2.78. The Morgan fingerprint density at radius 3 is 2.25 bits per heavy atom. The molecule has 1 aliphatic heterocycles. The van der Waals surface area contributed by atoms with Gasteiger partial charge in [0, 0.05) is 24.2 Å². The van der Waals surface area contributed by atoms with Crippen LogP contribution < -0.4 is 0 Å². The Morgan fingerprint density at radius 1 is 1.11 bits per heavy atom. The molecule has 3 fully saturated rings. The monoisotopic (exact) mass is 396 g/mol. The van der Waals surface area contributed by atoms with Crippen LogP contribution in [-0.2, 0) is 9.53 Å². The highest BCUT2D eigenvalue weighted by Crippen LogP contribution is 2.64. The zero-order valence-electron chi connectivity index (χ0n) is 17.1. The molecule has 1 saturated heterocycles. The second-order valence-corrected chi connectivity index (χ2v) is 10.2. The first-order valence-electron chi connectivity index (χ1n) is 10.1. The fourth-order valence-electron chi connectivity index (χ4n) is 7.00. The van der Waals surface area contributed by atoms with E-state index in [1.54, 1.807) is 34.6 Å². The molecular weight excluding hydrogens is 364 g/mol. The first-order chi connectivity index (χ1) is 12.7. The number of fused-ring (bicyclic) bond motifs is 5. The number of ketones is 1. The van der Waals surface area contributed by atoms with Crippen LogP contribution in [-0.4, -0.2) is 73.5 Å².